The molecule has 76 valence electrons. The summed E-state index contributed by atoms with van der Waals surface area (Å²) in [6.45, 7) is 2.69. The highest BCUT2D eigenvalue weighted by atomic mass is 16.7. The lowest BCUT2D eigenvalue weighted by molar-refractivity contribution is -0.114. The van der Waals surface area contributed by atoms with Gasteiger partial charge < -0.3 is 23.7 Å². The normalized spacial score (nSPS) is 17.8. The van der Waals surface area contributed by atoms with Crippen molar-refractivity contribution in [1.29, 1.82) is 0 Å². The summed E-state index contributed by atoms with van der Waals surface area (Å²) in [6.07, 6.45) is 0.481. The number of carbonyl (C=O) groups is 1. The molecular formula is C8H14O5. The molecule has 1 rings (SSSR count). The van der Waals surface area contributed by atoms with Crippen molar-refractivity contribution in [3.05, 3.63) is 0 Å². The first-order valence-electron chi connectivity index (χ1n) is 4.26. The molecule has 0 N–H and O–H groups in total. The quantitative estimate of drug-likeness (QED) is 0.403. The Hall–Kier alpha value is -0.490. The van der Waals surface area contributed by atoms with Crippen LogP contribution in [0.15, 0.2) is 0 Å². The van der Waals surface area contributed by atoms with Gasteiger partial charge in [-0.25, -0.2) is 0 Å². The number of hydrogen-bond acceptors (Lipinski definition) is 5. The van der Waals surface area contributed by atoms with Gasteiger partial charge in [0.05, 0.1) is 33.0 Å². The van der Waals surface area contributed by atoms with Crippen LogP contribution in [-0.4, -0.2) is 52.2 Å². The van der Waals surface area contributed by atoms with Gasteiger partial charge in [-0.05, 0) is 0 Å². The third-order valence-electron chi connectivity index (χ3n) is 1.50. The lowest BCUT2D eigenvalue weighted by Crippen LogP contribution is -2.18. The zero-order valence-electron chi connectivity index (χ0n) is 7.44. The van der Waals surface area contributed by atoms with E-state index < -0.39 is 0 Å². The average molecular weight is 190 g/mol. The Bertz CT molecular complexity index is 132. The van der Waals surface area contributed by atoms with Crippen molar-refractivity contribution in [2.24, 2.45) is 0 Å². The second-order valence-corrected chi connectivity index (χ2v) is 2.49. The fourth-order valence-corrected chi connectivity index (χ4v) is 0.932. The second-order valence-electron chi connectivity index (χ2n) is 2.49. The van der Waals surface area contributed by atoms with Gasteiger partial charge in [-0.1, -0.05) is 0 Å². The third-order valence-corrected chi connectivity index (χ3v) is 1.50. The number of hydrogen-bond donors (Lipinski definition) is 0. The molecule has 5 heteroatoms. The van der Waals surface area contributed by atoms with E-state index in [1.165, 1.54) is 0 Å². The molecule has 0 amide bonds. The molecule has 0 atom stereocenters. The standard InChI is InChI=1S/C8H14O5/c9-1-2-10-3-4-11-7-8-12-5-6-13-8/h1,8H,2-7H2. The SMILES string of the molecule is O=CCOCCOCC1OCCO1. The molecule has 1 heterocycles. The summed E-state index contributed by atoms with van der Waals surface area (Å²) in [4.78, 5) is 9.84. The van der Waals surface area contributed by atoms with Gasteiger partial charge in [0.2, 0.25) is 0 Å². The van der Waals surface area contributed by atoms with E-state index >= 15 is 0 Å². The molecule has 0 spiro atoms. The van der Waals surface area contributed by atoms with Crippen molar-refractivity contribution in [3.8, 4) is 0 Å². The molecule has 0 radical (unpaired) electrons. The Morgan fingerprint density at radius 2 is 1.92 bits per heavy atom. The van der Waals surface area contributed by atoms with Gasteiger partial charge in [-0.15, -0.1) is 0 Å². The molecule has 0 aromatic rings. The van der Waals surface area contributed by atoms with Crippen molar-refractivity contribution in [3.63, 3.8) is 0 Å². The first-order chi connectivity index (χ1) is 6.43. The summed E-state index contributed by atoms with van der Waals surface area (Å²) in [7, 11) is 0. The molecule has 0 saturated carbocycles. The highest BCUT2D eigenvalue weighted by Gasteiger charge is 2.15. The molecule has 1 fully saturated rings. The Morgan fingerprint density at radius 1 is 1.23 bits per heavy atom. The Balaban J connectivity index is 1.80. The maximum atomic E-state index is 9.84. The van der Waals surface area contributed by atoms with Crippen molar-refractivity contribution >= 4 is 6.29 Å². The number of carbonyl (C=O) groups excluding carboxylic acids is 1. The van der Waals surface area contributed by atoms with Crippen LogP contribution >= 0.6 is 0 Å². The highest BCUT2D eigenvalue weighted by molar-refractivity contribution is 5.50. The van der Waals surface area contributed by atoms with E-state index in [1.807, 2.05) is 0 Å². The molecule has 5 nitrogen and oxygen atoms in total. The van der Waals surface area contributed by atoms with Crippen molar-refractivity contribution in [1.82, 2.24) is 0 Å². The van der Waals surface area contributed by atoms with Gasteiger partial charge in [0, 0.05) is 0 Å². The summed E-state index contributed by atoms with van der Waals surface area (Å²) in [5.74, 6) is 0. The maximum absolute atomic E-state index is 9.84. The topological polar surface area (TPSA) is 54.0 Å². The summed E-state index contributed by atoms with van der Waals surface area (Å²) < 4.78 is 20.3. The molecule has 13 heavy (non-hydrogen) atoms. The number of ether oxygens (including phenoxy) is 4. The molecule has 0 unspecified atom stereocenters. The van der Waals surface area contributed by atoms with E-state index in [-0.39, 0.29) is 12.9 Å². The summed E-state index contributed by atoms with van der Waals surface area (Å²) in [5, 5.41) is 0. The van der Waals surface area contributed by atoms with Crippen LogP contribution in [0.3, 0.4) is 0 Å². The Kier molecular flexibility index (Phi) is 5.67. The van der Waals surface area contributed by atoms with E-state index in [0.717, 1.165) is 0 Å². The minimum atomic E-state index is -0.230. The largest absolute Gasteiger partial charge is 0.374 e. The van der Waals surface area contributed by atoms with Gasteiger partial charge in [0.1, 0.15) is 12.9 Å². The molecule has 0 aromatic heterocycles. The van der Waals surface area contributed by atoms with E-state index in [1.54, 1.807) is 0 Å². The highest BCUT2D eigenvalue weighted by Crippen LogP contribution is 2.02. The lowest BCUT2D eigenvalue weighted by Gasteiger charge is -2.09. The summed E-state index contributed by atoms with van der Waals surface area (Å²) >= 11 is 0. The first kappa shape index (κ1) is 10.6. The molecule has 0 aliphatic carbocycles. The fraction of sp³-hybridized carbons (Fsp3) is 0.875. The van der Waals surface area contributed by atoms with Crippen molar-refractivity contribution in [2.45, 2.75) is 6.29 Å². The first-order valence-corrected chi connectivity index (χ1v) is 4.26. The van der Waals surface area contributed by atoms with Crippen LogP contribution in [0, 0.1) is 0 Å². The van der Waals surface area contributed by atoms with Crippen LogP contribution in [-0.2, 0) is 23.7 Å². The Labute approximate surface area is 76.9 Å². The Morgan fingerprint density at radius 3 is 2.62 bits per heavy atom. The zero-order chi connectivity index (χ0) is 9.36. The van der Waals surface area contributed by atoms with Gasteiger partial charge in [-0.2, -0.15) is 0 Å². The van der Waals surface area contributed by atoms with Crippen LogP contribution in [0.1, 0.15) is 0 Å². The average Bonchev–Trinajstić information content (AvgIpc) is 2.63. The smallest absolute Gasteiger partial charge is 0.181 e. The molecular weight excluding hydrogens is 176 g/mol. The van der Waals surface area contributed by atoms with E-state index in [0.29, 0.717) is 39.3 Å². The van der Waals surface area contributed by atoms with Crippen molar-refractivity contribution < 1.29 is 23.7 Å². The molecule has 0 bridgehead atoms. The molecule has 1 aliphatic heterocycles. The second kappa shape index (κ2) is 6.97. The third kappa shape index (κ3) is 4.94. The molecule has 1 aliphatic rings. The van der Waals surface area contributed by atoms with Gasteiger partial charge in [0.15, 0.2) is 6.29 Å². The van der Waals surface area contributed by atoms with Crippen LogP contribution in [0.5, 0.6) is 0 Å². The van der Waals surface area contributed by atoms with Gasteiger partial charge in [0.25, 0.3) is 0 Å². The zero-order valence-corrected chi connectivity index (χ0v) is 7.44. The minimum Gasteiger partial charge on any atom is -0.374 e. The maximum Gasteiger partial charge on any atom is 0.181 e. The molecule has 1 saturated heterocycles. The van der Waals surface area contributed by atoms with Gasteiger partial charge >= 0.3 is 0 Å². The predicted molar refractivity (Wildman–Crippen MR) is 43.4 cm³/mol. The van der Waals surface area contributed by atoms with Crippen LogP contribution in [0.2, 0.25) is 0 Å². The van der Waals surface area contributed by atoms with E-state index in [9.17, 15) is 4.79 Å². The van der Waals surface area contributed by atoms with Crippen LogP contribution in [0.25, 0.3) is 0 Å². The lowest BCUT2D eigenvalue weighted by atomic mass is 10.6. The summed E-state index contributed by atoms with van der Waals surface area (Å²) in [6, 6.07) is 0. The van der Waals surface area contributed by atoms with Crippen LogP contribution in [0.4, 0.5) is 0 Å². The monoisotopic (exact) mass is 190 g/mol. The number of rotatable bonds is 7. The van der Waals surface area contributed by atoms with Crippen molar-refractivity contribution in [2.75, 3.05) is 39.6 Å². The predicted octanol–water partition coefficient (Wildman–Crippen LogP) is -0.409. The minimum absolute atomic E-state index is 0.125. The van der Waals surface area contributed by atoms with E-state index in [4.69, 9.17) is 18.9 Å². The summed E-state index contributed by atoms with van der Waals surface area (Å²) in [5.41, 5.74) is 0. The van der Waals surface area contributed by atoms with Gasteiger partial charge in [-0.3, -0.25) is 0 Å². The number of aldehydes is 1. The van der Waals surface area contributed by atoms with E-state index in [2.05, 4.69) is 0 Å². The molecule has 0 aromatic carbocycles. The fourth-order valence-electron chi connectivity index (χ4n) is 0.932. The van der Waals surface area contributed by atoms with Crippen LogP contribution < -0.4 is 0 Å².